The minimum Gasteiger partial charge on any atom is -0.504 e. The standard InChI is InChI=1S/C41H60N4O6/c1-39(2)25-41(35-29(37(48)33(46)21-31(35)39)23-42-9-5-27(6-10-42)44-13-17-50-18-14-44)26-40(3,4)32-22-34(47)38(49)30(36(32)41)24-43-11-7-28(8-12-43)45-15-19-51-20-16-45/h21-22,27-28,46-49H,5-20,23-26H2,1-4H3. The topological polar surface area (TPSA) is 112 Å². The first kappa shape index (κ1) is 35.4. The van der Waals surface area contributed by atoms with Gasteiger partial charge in [0.25, 0.3) is 0 Å². The Hall–Kier alpha value is -2.60. The van der Waals surface area contributed by atoms with Gasteiger partial charge in [-0.2, -0.15) is 0 Å². The van der Waals surface area contributed by atoms with E-state index in [2.05, 4.69) is 47.3 Å². The number of ether oxygens (including phenoxy) is 2. The van der Waals surface area contributed by atoms with Gasteiger partial charge in [-0.15, -0.1) is 0 Å². The number of hydrogen-bond acceptors (Lipinski definition) is 10. The van der Waals surface area contributed by atoms with Crippen LogP contribution < -0.4 is 0 Å². The molecule has 4 heterocycles. The molecule has 2 aromatic carbocycles. The second-order valence-electron chi connectivity index (χ2n) is 17.8. The van der Waals surface area contributed by atoms with Crippen LogP contribution in [-0.2, 0) is 38.8 Å². The first-order valence-electron chi connectivity index (χ1n) is 19.6. The smallest absolute Gasteiger partial charge is 0.162 e. The molecular formula is C41H60N4O6. The molecule has 51 heavy (non-hydrogen) atoms. The number of phenolic OH excluding ortho intramolecular Hbond substituents is 4. The number of morpholine rings is 2. The molecule has 2 aliphatic carbocycles. The van der Waals surface area contributed by atoms with Crippen molar-refractivity contribution in [3.05, 3.63) is 45.5 Å². The lowest BCUT2D eigenvalue weighted by molar-refractivity contribution is 0.000115. The third kappa shape index (κ3) is 6.21. The predicted octanol–water partition coefficient (Wildman–Crippen LogP) is 4.75. The van der Waals surface area contributed by atoms with Crippen molar-refractivity contribution >= 4 is 0 Å². The Labute approximate surface area is 303 Å². The molecule has 2 aromatic rings. The number of hydrogen-bond donors (Lipinski definition) is 4. The molecular weight excluding hydrogens is 644 g/mol. The van der Waals surface area contributed by atoms with E-state index in [4.69, 9.17) is 9.47 Å². The fourth-order valence-electron chi connectivity index (χ4n) is 11.4. The van der Waals surface area contributed by atoms with Crippen LogP contribution in [0.2, 0.25) is 0 Å². The molecule has 10 nitrogen and oxygen atoms in total. The summed E-state index contributed by atoms with van der Waals surface area (Å²) in [6.07, 6.45) is 5.91. The Morgan fingerprint density at radius 2 is 0.922 bits per heavy atom. The maximum atomic E-state index is 11.8. The zero-order valence-electron chi connectivity index (χ0n) is 31.3. The van der Waals surface area contributed by atoms with Crippen LogP contribution in [0.5, 0.6) is 23.0 Å². The van der Waals surface area contributed by atoms with Gasteiger partial charge in [0, 0.05) is 67.9 Å². The van der Waals surface area contributed by atoms with Crippen molar-refractivity contribution < 1.29 is 29.9 Å². The summed E-state index contributed by atoms with van der Waals surface area (Å²) in [6, 6.07) is 4.74. The SMILES string of the molecule is CC1(C)CC2(CC(C)(C)c3cc(O)c(O)c(CN4CCC(N5CCOCC5)CC4)c32)c2c1cc(O)c(O)c2CN1CCC(N2CCOCC2)CC1. The van der Waals surface area contributed by atoms with Crippen LogP contribution in [0.3, 0.4) is 0 Å². The quantitative estimate of drug-likeness (QED) is 0.315. The van der Waals surface area contributed by atoms with Crippen molar-refractivity contribution in [1.82, 2.24) is 19.6 Å². The van der Waals surface area contributed by atoms with E-state index in [1.807, 2.05) is 12.1 Å². The molecule has 0 atom stereocenters. The zero-order chi connectivity index (χ0) is 35.7. The number of nitrogens with zero attached hydrogens (tertiary/aromatic N) is 4. The van der Waals surface area contributed by atoms with Gasteiger partial charge in [0.05, 0.1) is 26.4 Å². The van der Waals surface area contributed by atoms with E-state index < -0.39 is 5.41 Å². The minimum absolute atomic E-state index is 0.0119. The van der Waals surface area contributed by atoms with E-state index in [-0.39, 0.29) is 33.8 Å². The van der Waals surface area contributed by atoms with Crippen molar-refractivity contribution in [3.63, 3.8) is 0 Å². The summed E-state index contributed by atoms with van der Waals surface area (Å²) in [4.78, 5) is 10.1. The van der Waals surface area contributed by atoms with E-state index >= 15 is 0 Å². The summed E-state index contributed by atoms with van der Waals surface area (Å²) in [7, 11) is 0. The second kappa shape index (κ2) is 13.4. The molecule has 0 radical (unpaired) electrons. The molecule has 0 aromatic heterocycles. The molecule has 10 heteroatoms. The fourth-order valence-corrected chi connectivity index (χ4v) is 11.4. The van der Waals surface area contributed by atoms with Gasteiger partial charge in [-0.05, 0) is 110 Å². The molecule has 4 saturated heterocycles. The average Bonchev–Trinajstić information content (AvgIpc) is 3.48. The summed E-state index contributed by atoms with van der Waals surface area (Å²) < 4.78 is 11.2. The molecule has 8 rings (SSSR count). The van der Waals surface area contributed by atoms with Gasteiger partial charge >= 0.3 is 0 Å². The number of piperidine rings is 2. The summed E-state index contributed by atoms with van der Waals surface area (Å²) in [5.41, 5.74) is 5.04. The molecule has 6 aliphatic rings. The number of likely N-dealkylation sites (tertiary alicyclic amines) is 2. The normalized spacial score (nSPS) is 26.1. The third-order valence-corrected chi connectivity index (χ3v) is 13.7. The lowest BCUT2D eigenvalue weighted by Gasteiger charge is -2.41. The van der Waals surface area contributed by atoms with E-state index in [1.54, 1.807) is 0 Å². The van der Waals surface area contributed by atoms with Gasteiger partial charge in [-0.1, -0.05) is 27.7 Å². The average molecular weight is 705 g/mol. The highest BCUT2D eigenvalue weighted by Gasteiger charge is 2.59. The Kier molecular flexibility index (Phi) is 9.28. The largest absolute Gasteiger partial charge is 0.504 e. The Balaban J connectivity index is 1.15. The van der Waals surface area contributed by atoms with Crippen LogP contribution >= 0.6 is 0 Å². The summed E-state index contributed by atoms with van der Waals surface area (Å²) >= 11 is 0. The van der Waals surface area contributed by atoms with Gasteiger partial charge < -0.3 is 29.9 Å². The zero-order valence-corrected chi connectivity index (χ0v) is 31.3. The van der Waals surface area contributed by atoms with Crippen LogP contribution in [0.4, 0.5) is 0 Å². The first-order valence-corrected chi connectivity index (χ1v) is 19.6. The van der Waals surface area contributed by atoms with Crippen molar-refractivity contribution in [1.29, 1.82) is 0 Å². The van der Waals surface area contributed by atoms with Gasteiger partial charge in [0.1, 0.15) is 0 Å². The molecule has 280 valence electrons. The van der Waals surface area contributed by atoms with Crippen LogP contribution in [-0.4, -0.2) is 131 Å². The van der Waals surface area contributed by atoms with E-state index in [9.17, 15) is 20.4 Å². The Morgan fingerprint density at radius 1 is 0.569 bits per heavy atom. The van der Waals surface area contributed by atoms with E-state index in [1.165, 1.54) is 0 Å². The first-order chi connectivity index (χ1) is 24.4. The molecule has 4 aliphatic heterocycles. The van der Waals surface area contributed by atoms with Gasteiger partial charge in [0.2, 0.25) is 0 Å². The number of aromatic hydroxyl groups is 4. The molecule has 1 spiro atoms. The van der Waals surface area contributed by atoms with Crippen molar-refractivity contribution in [3.8, 4) is 23.0 Å². The Morgan fingerprint density at radius 3 is 1.27 bits per heavy atom. The maximum Gasteiger partial charge on any atom is 0.162 e. The third-order valence-electron chi connectivity index (χ3n) is 13.7. The number of benzene rings is 2. The molecule has 4 N–H and O–H groups in total. The van der Waals surface area contributed by atoms with E-state index in [0.717, 1.165) is 151 Å². The second-order valence-corrected chi connectivity index (χ2v) is 17.8. The highest BCUT2D eigenvalue weighted by atomic mass is 16.5. The van der Waals surface area contributed by atoms with Crippen LogP contribution in [0, 0.1) is 0 Å². The van der Waals surface area contributed by atoms with Crippen molar-refractivity contribution in [2.45, 2.75) is 108 Å². The number of fused-ring (bicyclic) bond motifs is 4. The van der Waals surface area contributed by atoms with Crippen LogP contribution in [0.15, 0.2) is 12.1 Å². The maximum absolute atomic E-state index is 11.8. The highest BCUT2D eigenvalue weighted by molar-refractivity contribution is 5.70. The highest BCUT2D eigenvalue weighted by Crippen LogP contribution is 2.67. The lowest BCUT2D eigenvalue weighted by Crippen LogP contribution is -2.49. The lowest BCUT2D eigenvalue weighted by atomic mass is 9.70. The van der Waals surface area contributed by atoms with Crippen LogP contribution in [0.25, 0.3) is 0 Å². The molecule has 0 saturated carbocycles. The van der Waals surface area contributed by atoms with E-state index in [0.29, 0.717) is 25.2 Å². The summed E-state index contributed by atoms with van der Waals surface area (Å²) in [5, 5.41) is 46.1. The monoisotopic (exact) mass is 704 g/mol. The molecule has 4 fully saturated rings. The number of phenols is 4. The molecule has 0 bridgehead atoms. The van der Waals surface area contributed by atoms with Crippen molar-refractivity contribution in [2.75, 3.05) is 78.8 Å². The Bertz CT molecular complexity index is 1500. The van der Waals surface area contributed by atoms with Gasteiger partial charge in [-0.3, -0.25) is 19.6 Å². The van der Waals surface area contributed by atoms with Gasteiger partial charge in [0.15, 0.2) is 23.0 Å². The summed E-state index contributed by atoms with van der Waals surface area (Å²) in [5.74, 6) is -0.123. The fraction of sp³-hybridized carbons (Fsp3) is 0.707. The molecule has 0 amide bonds. The number of rotatable bonds is 6. The van der Waals surface area contributed by atoms with Gasteiger partial charge in [-0.25, -0.2) is 0 Å². The van der Waals surface area contributed by atoms with Crippen molar-refractivity contribution in [2.24, 2.45) is 0 Å². The van der Waals surface area contributed by atoms with Crippen LogP contribution in [0.1, 0.15) is 99.6 Å². The summed E-state index contributed by atoms with van der Waals surface area (Å²) in [6.45, 7) is 21.1. The molecule has 0 unspecified atom stereocenters. The minimum atomic E-state index is -0.489. The predicted molar refractivity (Wildman–Crippen MR) is 197 cm³/mol.